The van der Waals surface area contributed by atoms with Gasteiger partial charge in [0.25, 0.3) is 5.56 Å². The van der Waals surface area contributed by atoms with E-state index in [0.29, 0.717) is 10.8 Å². The first-order valence-electron chi connectivity index (χ1n) is 5.73. The minimum atomic E-state index is -0.452. The molecule has 1 amide bonds. The molecule has 2 aromatic heterocycles. The smallest absolute Gasteiger partial charge is 0.294 e. The standard InChI is InChI=1S/C11H11ClN6O2S/c1-6-10(20)18(13)11(17-16-6)21-5-9(19)15-8-3-2-7(12)4-14-8/h2-4H,5,13H2,1H3,(H,14,15,19). The van der Waals surface area contributed by atoms with E-state index in [4.69, 9.17) is 17.4 Å². The lowest BCUT2D eigenvalue weighted by Crippen LogP contribution is -2.32. The van der Waals surface area contributed by atoms with Gasteiger partial charge < -0.3 is 11.2 Å². The highest BCUT2D eigenvalue weighted by Gasteiger charge is 2.10. The van der Waals surface area contributed by atoms with Gasteiger partial charge in [0.1, 0.15) is 11.5 Å². The van der Waals surface area contributed by atoms with Crippen LogP contribution in [-0.4, -0.2) is 31.5 Å². The van der Waals surface area contributed by atoms with Gasteiger partial charge in [-0.3, -0.25) is 9.59 Å². The topological polar surface area (TPSA) is 116 Å². The third kappa shape index (κ3) is 3.92. The summed E-state index contributed by atoms with van der Waals surface area (Å²) in [5, 5.41) is 10.6. The predicted molar refractivity (Wildman–Crippen MR) is 79.8 cm³/mol. The summed E-state index contributed by atoms with van der Waals surface area (Å²) in [6.45, 7) is 1.51. The van der Waals surface area contributed by atoms with Gasteiger partial charge in [-0.15, -0.1) is 10.2 Å². The number of rotatable bonds is 4. The number of pyridine rings is 1. The van der Waals surface area contributed by atoms with Gasteiger partial charge in [-0.25, -0.2) is 4.98 Å². The molecule has 0 atom stereocenters. The second kappa shape index (κ2) is 6.55. The van der Waals surface area contributed by atoms with Crippen LogP contribution in [-0.2, 0) is 4.79 Å². The summed E-state index contributed by atoms with van der Waals surface area (Å²) in [4.78, 5) is 27.2. The number of aromatic nitrogens is 4. The monoisotopic (exact) mass is 326 g/mol. The van der Waals surface area contributed by atoms with Crippen molar-refractivity contribution in [2.24, 2.45) is 0 Å². The summed E-state index contributed by atoms with van der Waals surface area (Å²) in [7, 11) is 0. The van der Waals surface area contributed by atoms with Crippen molar-refractivity contribution in [3.8, 4) is 0 Å². The second-order valence-corrected chi connectivity index (χ2v) is 5.32. The third-order valence-electron chi connectivity index (χ3n) is 2.35. The fourth-order valence-corrected chi connectivity index (χ4v) is 2.09. The molecular formula is C11H11ClN6O2S. The van der Waals surface area contributed by atoms with Crippen molar-refractivity contribution in [2.75, 3.05) is 16.9 Å². The van der Waals surface area contributed by atoms with Gasteiger partial charge in [0.2, 0.25) is 11.1 Å². The highest BCUT2D eigenvalue weighted by Crippen LogP contribution is 2.13. The van der Waals surface area contributed by atoms with Crippen LogP contribution in [0.3, 0.4) is 0 Å². The molecule has 0 aliphatic heterocycles. The summed E-state index contributed by atoms with van der Waals surface area (Å²) in [5.41, 5.74) is -0.260. The Morgan fingerprint density at radius 3 is 2.90 bits per heavy atom. The molecule has 8 nitrogen and oxygen atoms in total. The molecule has 10 heteroatoms. The van der Waals surface area contributed by atoms with Gasteiger partial charge in [-0.1, -0.05) is 23.4 Å². The summed E-state index contributed by atoms with van der Waals surface area (Å²) in [6.07, 6.45) is 1.42. The van der Waals surface area contributed by atoms with Crippen LogP contribution in [0.2, 0.25) is 5.02 Å². The molecule has 0 aliphatic carbocycles. The lowest BCUT2D eigenvalue weighted by molar-refractivity contribution is -0.113. The molecule has 0 saturated heterocycles. The molecule has 0 aliphatic rings. The lowest BCUT2D eigenvalue weighted by atomic mass is 10.4. The fraction of sp³-hybridized carbons (Fsp3) is 0.182. The first-order valence-corrected chi connectivity index (χ1v) is 7.09. The Morgan fingerprint density at radius 1 is 1.48 bits per heavy atom. The number of nitrogen functional groups attached to an aromatic ring is 1. The highest BCUT2D eigenvalue weighted by molar-refractivity contribution is 7.99. The average Bonchev–Trinajstić information content (AvgIpc) is 2.46. The molecule has 0 radical (unpaired) electrons. The first kappa shape index (κ1) is 15.3. The summed E-state index contributed by atoms with van der Waals surface area (Å²) < 4.78 is 0.862. The van der Waals surface area contributed by atoms with Crippen LogP contribution >= 0.6 is 23.4 Å². The predicted octanol–water partition coefficient (Wildman–Crippen LogP) is 0.440. The molecular weight excluding hydrogens is 316 g/mol. The Labute approximate surface area is 128 Å². The molecule has 0 bridgehead atoms. The normalized spacial score (nSPS) is 10.4. The van der Waals surface area contributed by atoms with E-state index in [1.807, 2.05) is 0 Å². The van der Waals surface area contributed by atoms with Crippen molar-refractivity contribution in [3.05, 3.63) is 39.4 Å². The molecule has 110 valence electrons. The van der Waals surface area contributed by atoms with Crippen LogP contribution in [0.1, 0.15) is 5.69 Å². The SMILES string of the molecule is Cc1nnc(SCC(=O)Nc2ccc(Cl)cn2)n(N)c1=O. The van der Waals surface area contributed by atoms with E-state index >= 15 is 0 Å². The number of carbonyl (C=O) groups excluding carboxylic acids is 1. The van der Waals surface area contributed by atoms with Crippen LogP contribution in [0.25, 0.3) is 0 Å². The number of carbonyl (C=O) groups is 1. The van der Waals surface area contributed by atoms with Gasteiger partial charge in [0.05, 0.1) is 10.8 Å². The Bertz CT molecular complexity index is 718. The zero-order valence-electron chi connectivity index (χ0n) is 10.9. The van der Waals surface area contributed by atoms with Gasteiger partial charge in [0, 0.05) is 6.20 Å². The minimum Gasteiger partial charge on any atom is -0.334 e. The number of halogens is 1. The molecule has 0 unspecified atom stereocenters. The quantitative estimate of drug-likeness (QED) is 0.618. The first-order chi connectivity index (χ1) is 9.97. The molecule has 2 rings (SSSR count). The molecule has 3 N–H and O–H groups in total. The van der Waals surface area contributed by atoms with Crippen molar-refractivity contribution < 1.29 is 4.79 Å². The van der Waals surface area contributed by atoms with E-state index in [1.165, 1.54) is 13.1 Å². The molecule has 0 aromatic carbocycles. The van der Waals surface area contributed by atoms with E-state index in [-0.39, 0.29) is 22.5 Å². The van der Waals surface area contributed by atoms with Crippen molar-refractivity contribution in [2.45, 2.75) is 12.1 Å². The van der Waals surface area contributed by atoms with E-state index in [0.717, 1.165) is 16.4 Å². The van der Waals surface area contributed by atoms with Crippen LogP contribution in [0.5, 0.6) is 0 Å². The van der Waals surface area contributed by atoms with E-state index in [9.17, 15) is 9.59 Å². The van der Waals surface area contributed by atoms with Crippen LogP contribution in [0.4, 0.5) is 5.82 Å². The van der Waals surface area contributed by atoms with Crippen LogP contribution in [0, 0.1) is 6.92 Å². The van der Waals surface area contributed by atoms with Crippen LogP contribution in [0.15, 0.2) is 28.3 Å². The Morgan fingerprint density at radius 2 is 2.24 bits per heavy atom. The molecule has 2 heterocycles. The van der Waals surface area contributed by atoms with Crippen LogP contribution < -0.4 is 16.7 Å². The maximum absolute atomic E-state index is 11.8. The van der Waals surface area contributed by atoms with Gasteiger partial charge in [-0.05, 0) is 19.1 Å². The van der Waals surface area contributed by atoms with Crippen molar-refractivity contribution in [3.63, 3.8) is 0 Å². The number of aryl methyl sites for hydroxylation is 1. The number of hydrogen-bond donors (Lipinski definition) is 2. The number of anilines is 1. The summed E-state index contributed by atoms with van der Waals surface area (Å²) in [5.74, 6) is 5.64. The molecule has 21 heavy (non-hydrogen) atoms. The Hall–Kier alpha value is -2.13. The maximum Gasteiger partial charge on any atom is 0.294 e. The molecule has 0 spiro atoms. The average molecular weight is 327 g/mol. The highest BCUT2D eigenvalue weighted by atomic mass is 35.5. The Balaban J connectivity index is 1.97. The zero-order chi connectivity index (χ0) is 15.4. The van der Waals surface area contributed by atoms with E-state index in [1.54, 1.807) is 12.1 Å². The fourth-order valence-electron chi connectivity index (χ4n) is 1.33. The number of hydrogen-bond acceptors (Lipinski definition) is 7. The molecule has 2 aromatic rings. The largest absolute Gasteiger partial charge is 0.334 e. The number of thioether (sulfide) groups is 1. The molecule has 0 saturated carbocycles. The van der Waals surface area contributed by atoms with Gasteiger partial charge in [-0.2, -0.15) is 4.68 Å². The number of nitrogens with zero attached hydrogens (tertiary/aromatic N) is 4. The number of amides is 1. The van der Waals surface area contributed by atoms with E-state index < -0.39 is 5.56 Å². The third-order valence-corrected chi connectivity index (χ3v) is 3.51. The minimum absolute atomic E-state index is 0.0126. The number of nitrogens with one attached hydrogen (secondary N) is 1. The number of nitrogens with two attached hydrogens (primary N) is 1. The van der Waals surface area contributed by atoms with Gasteiger partial charge >= 0.3 is 0 Å². The van der Waals surface area contributed by atoms with E-state index in [2.05, 4.69) is 20.5 Å². The molecule has 0 fully saturated rings. The second-order valence-electron chi connectivity index (χ2n) is 3.94. The lowest BCUT2D eigenvalue weighted by Gasteiger charge is -2.06. The van der Waals surface area contributed by atoms with Gasteiger partial charge in [0.15, 0.2) is 0 Å². The summed E-state index contributed by atoms with van der Waals surface area (Å²) >= 11 is 6.69. The van der Waals surface area contributed by atoms with Crippen molar-refractivity contribution in [1.82, 2.24) is 19.9 Å². The summed E-state index contributed by atoms with van der Waals surface area (Å²) in [6, 6.07) is 3.19. The van der Waals surface area contributed by atoms with Crippen molar-refractivity contribution >= 4 is 35.1 Å². The maximum atomic E-state index is 11.8. The van der Waals surface area contributed by atoms with Crippen molar-refractivity contribution in [1.29, 1.82) is 0 Å². The zero-order valence-corrected chi connectivity index (χ0v) is 12.5. The Kier molecular flexibility index (Phi) is 4.76.